The number of rotatable bonds is 6. The summed E-state index contributed by atoms with van der Waals surface area (Å²) < 4.78 is 1.97. The van der Waals surface area contributed by atoms with E-state index < -0.39 is 0 Å². The van der Waals surface area contributed by atoms with E-state index in [1.54, 1.807) is 23.5 Å². The zero-order valence-electron chi connectivity index (χ0n) is 14.6. The molecule has 0 radical (unpaired) electrons. The van der Waals surface area contributed by atoms with Gasteiger partial charge in [0.1, 0.15) is 0 Å². The molecular weight excluding hydrogens is 412 g/mol. The molecule has 140 valence electrons. The first-order valence-corrected chi connectivity index (χ1v) is 10.7. The summed E-state index contributed by atoms with van der Waals surface area (Å²) in [6, 6.07) is 21.0. The van der Waals surface area contributed by atoms with Gasteiger partial charge in [0.2, 0.25) is 5.91 Å². The van der Waals surface area contributed by atoms with Gasteiger partial charge >= 0.3 is 0 Å². The Labute approximate surface area is 175 Å². The van der Waals surface area contributed by atoms with Crippen molar-refractivity contribution in [2.75, 3.05) is 11.1 Å². The van der Waals surface area contributed by atoms with E-state index in [9.17, 15) is 4.79 Å². The molecule has 2 heterocycles. The highest BCUT2D eigenvalue weighted by atomic mass is 35.5. The zero-order chi connectivity index (χ0) is 19.3. The molecule has 0 aliphatic heterocycles. The van der Waals surface area contributed by atoms with Crippen molar-refractivity contribution in [2.24, 2.45) is 0 Å². The molecule has 8 heteroatoms. The summed E-state index contributed by atoms with van der Waals surface area (Å²) in [5.74, 6) is 0.800. The molecule has 0 aliphatic rings. The summed E-state index contributed by atoms with van der Waals surface area (Å²) in [6.45, 7) is 0. The number of benzene rings is 2. The van der Waals surface area contributed by atoms with Crippen molar-refractivity contribution in [3.63, 3.8) is 0 Å². The second-order valence-corrected chi connectivity index (χ2v) is 8.07. The van der Waals surface area contributed by atoms with Crippen LogP contribution in [-0.2, 0) is 4.79 Å². The molecule has 0 saturated carbocycles. The van der Waals surface area contributed by atoms with Crippen LogP contribution in [0.4, 0.5) is 5.69 Å². The largest absolute Gasteiger partial charge is 0.324 e. The molecule has 0 fully saturated rings. The van der Waals surface area contributed by atoms with E-state index in [0.29, 0.717) is 15.9 Å². The van der Waals surface area contributed by atoms with E-state index >= 15 is 0 Å². The monoisotopic (exact) mass is 426 g/mol. The number of thioether (sulfide) groups is 1. The van der Waals surface area contributed by atoms with Gasteiger partial charge in [-0.05, 0) is 35.7 Å². The van der Waals surface area contributed by atoms with Crippen LogP contribution in [0, 0.1) is 0 Å². The maximum atomic E-state index is 12.4. The third-order valence-electron chi connectivity index (χ3n) is 3.87. The highest BCUT2D eigenvalue weighted by Crippen LogP contribution is 2.30. The van der Waals surface area contributed by atoms with E-state index in [-0.39, 0.29) is 11.7 Å². The van der Waals surface area contributed by atoms with Gasteiger partial charge in [0.05, 0.1) is 21.3 Å². The summed E-state index contributed by atoms with van der Waals surface area (Å²) in [5.41, 5.74) is 1.54. The Hall–Kier alpha value is -2.61. The molecule has 0 spiro atoms. The normalized spacial score (nSPS) is 10.8. The first-order valence-electron chi connectivity index (χ1n) is 8.44. The quantitative estimate of drug-likeness (QED) is 0.420. The molecule has 4 rings (SSSR count). The molecule has 5 nitrogen and oxygen atoms in total. The smallest absolute Gasteiger partial charge is 0.234 e. The first-order chi connectivity index (χ1) is 13.7. The van der Waals surface area contributed by atoms with Gasteiger partial charge in [0.25, 0.3) is 0 Å². The number of hydrogen-bond donors (Lipinski definition) is 1. The Morgan fingerprint density at radius 3 is 2.57 bits per heavy atom. The number of amides is 1. The maximum Gasteiger partial charge on any atom is 0.234 e. The maximum absolute atomic E-state index is 12.4. The molecule has 2 aromatic heterocycles. The van der Waals surface area contributed by atoms with Crippen molar-refractivity contribution in [3.05, 3.63) is 77.1 Å². The lowest BCUT2D eigenvalue weighted by atomic mass is 10.3. The Kier molecular flexibility index (Phi) is 5.76. The number of nitrogens with one attached hydrogen (secondary N) is 1. The van der Waals surface area contributed by atoms with Crippen LogP contribution in [0.15, 0.2) is 77.3 Å². The van der Waals surface area contributed by atoms with Gasteiger partial charge in [-0.25, -0.2) is 0 Å². The zero-order valence-corrected chi connectivity index (χ0v) is 17.0. The van der Waals surface area contributed by atoms with Crippen LogP contribution in [0.3, 0.4) is 0 Å². The lowest BCUT2D eigenvalue weighted by molar-refractivity contribution is -0.113. The van der Waals surface area contributed by atoms with Gasteiger partial charge in [-0.3, -0.25) is 9.36 Å². The third-order valence-corrected chi connectivity index (χ3v) is 5.99. The van der Waals surface area contributed by atoms with Crippen LogP contribution in [0.5, 0.6) is 0 Å². The highest BCUT2D eigenvalue weighted by Gasteiger charge is 2.18. The van der Waals surface area contributed by atoms with Gasteiger partial charge in [0, 0.05) is 5.69 Å². The van der Waals surface area contributed by atoms with E-state index in [2.05, 4.69) is 15.5 Å². The standard InChI is InChI=1S/C20H15ClN4OS2/c21-15-9-4-5-10-16(15)22-18(26)13-28-20-24-23-19(17-11-6-12-27-17)25(20)14-7-2-1-3-8-14/h1-12H,13H2,(H,22,26). The molecular formula is C20H15ClN4OS2. The van der Waals surface area contributed by atoms with E-state index in [1.165, 1.54) is 11.8 Å². The van der Waals surface area contributed by atoms with Crippen LogP contribution in [0.1, 0.15) is 0 Å². The number of halogens is 1. The van der Waals surface area contributed by atoms with Crippen molar-refractivity contribution in [1.82, 2.24) is 14.8 Å². The van der Waals surface area contributed by atoms with Gasteiger partial charge in [-0.2, -0.15) is 0 Å². The average molecular weight is 427 g/mol. The van der Waals surface area contributed by atoms with Crippen LogP contribution < -0.4 is 5.32 Å². The molecule has 28 heavy (non-hydrogen) atoms. The van der Waals surface area contributed by atoms with Crippen molar-refractivity contribution in [2.45, 2.75) is 5.16 Å². The number of thiophene rings is 1. The molecule has 1 N–H and O–H groups in total. The second kappa shape index (κ2) is 8.60. The minimum Gasteiger partial charge on any atom is -0.324 e. The SMILES string of the molecule is O=C(CSc1nnc(-c2cccs2)n1-c1ccccc1)Nc1ccccc1Cl. The Morgan fingerprint density at radius 1 is 1.04 bits per heavy atom. The number of hydrogen-bond acceptors (Lipinski definition) is 5. The summed E-state index contributed by atoms with van der Waals surface area (Å²) in [4.78, 5) is 13.4. The van der Waals surface area contributed by atoms with Gasteiger partial charge in [-0.1, -0.05) is 59.8 Å². The van der Waals surface area contributed by atoms with Gasteiger partial charge < -0.3 is 5.32 Å². The van der Waals surface area contributed by atoms with E-state index in [4.69, 9.17) is 11.6 Å². The molecule has 1 amide bonds. The fourth-order valence-electron chi connectivity index (χ4n) is 2.62. The van der Waals surface area contributed by atoms with Crippen LogP contribution >= 0.6 is 34.7 Å². The fraction of sp³-hybridized carbons (Fsp3) is 0.0500. The minimum atomic E-state index is -0.154. The molecule has 2 aromatic carbocycles. The van der Waals surface area contributed by atoms with Crippen molar-refractivity contribution < 1.29 is 4.79 Å². The Balaban J connectivity index is 1.56. The predicted molar refractivity (Wildman–Crippen MR) is 115 cm³/mol. The number of anilines is 1. The summed E-state index contributed by atoms with van der Waals surface area (Å²) in [7, 11) is 0. The average Bonchev–Trinajstić information content (AvgIpc) is 3.38. The van der Waals surface area contributed by atoms with E-state index in [1.807, 2.05) is 64.5 Å². The van der Waals surface area contributed by atoms with Crippen molar-refractivity contribution >= 4 is 46.3 Å². The van der Waals surface area contributed by atoms with Crippen molar-refractivity contribution in [3.8, 4) is 16.4 Å². The number of nitrogens with zero attached hydrogens (tertiary/aromatic N) is 3. The minimum absolute atomic E-state index is 0.154. The van der Waals surface area contributed by atoms with Gasteiger partial charge in [0.15, 0.2) is 11.0 Å². The third kappa shape index (κ3) is 4.11. The van der Waals surface area contributed by atoms with Crippen LogP contribution in [0.25, 0.3) is 16.4 Å². The topological polar surface area (TPSA) is 59.8 Å². The molecule has 0 atom stereocenters. The number of para-hydroxylation sites is 2. The first kappa shape index (κ1) is 18.7. The Morgan fingerprint density at radius 2 is 1.82 bits per heavy atom. The summed E-state index contributed by atoms with van der Waals surface area (Å²) in [6.07, 6.45) is 0. The van der Waals surface area contributed by atoms with Crippen LogP contribution in [0.2, 0.25) is 5.02 Å². The predicted octanol–water partition coefficient (Wildman–Crippen LogP) is 5.38. The summed E-state index contributed by atoms with van der Waals surface area (Å²) >= 11 is 9.04. The highest BCUT2D eigenvalue weighted by molar-refractivity contribution is 7.99. The Bertz CT molecular complexity index is 1080. The van der Waals surface area contributed by atoms with Crippen LogP contribution in [-0.4, -0.2) is 26.4 Å². The lowest BCUT2D eigenvalue weighted by Gasteiger charge is -2.10. The molecule has 0 aliphatic carbocycles. The fourth-order valence-corrected chi connectivity index (χ4v) is 4.25. The van der Waals surface area contributed by atoms with Crippen molar-refractivity contribution in [1.29, 1.82) is 0 Å². The molecule has 0 unspecified atom stereocenters. The molecule has 0 bridgehead atoms. The number of carbonyl (C=O) groups excluding carboxylic acids is 1. The summed E-state index contributed by atoms with van der Waals surface area (Å²) in [5, 5.41) is 14.7. The second-order valence-electron chi connectivity index (χ2n) is 5.77. The molecule has 4 aromatic rings. The number of carbonyl (C=O) groups is 1. The van der Waals surface area contributed by atoms with E-state index in [0.717, 1.165) is 16.4 Å². The lowest BCUT2D eigenvalue weighted by Crippen LogP contribution is -2.14. The number of aromatic nitrogens is 3. The van der Waals surface area contributed by atoms with Gasteiger partial charge in [-0.15, -0.1) is 21.5 Å². The molecule has 0 saturated heterocycles.